The summed E-state index contributed by atoms with van der Waals surface area (Å²) in [6.45, 7) is 8.00. The molecule has 0 aliphatic carbocycles. The second-order valence-electron chi connectivity index (χ2n) is 6.88. The average molecular weight is 383 g/mol. The van der Waals surface area contributed by atoms with Crippen molar-refractivity contribution in [1.29, 1.82) is 0 Å². The summed E-state index contributed by atoms with van der Waals surface area (Å²) in [5.41, 5.74) is 6.40. The summed E-state index contributed by atoms with van der Waals surface area (Å²) in [6.07, 6.45) is 8.07. The van der Waals surface area contributed by atoms with Gasteiger partial charge >= 0.3 is 0 Å². The Morgan fingerprint density at radius 2 is 1.82 bits per heavy atom. The van der Waals surface area contributed by atoms with Gasteiger partial charge in [-0.2, -0.15) is 0 Å². The first-order chi connectivity index (χ1) is 13.7. The highest BCUT2D eigenvalue weighted by atomic mass is 16.5. The predicted molar refractivity (Wildman–Crippen MR) is 117 cm³/mol. The van der Waals surface area contributed by atoms with E-state index in [4.69, 9.17) is 14.6 Å². The number of aryl methyl sites for hydroxylation is 2. The molecule has 0 radical (unpaired) electrons. The lowest BCUT2D eigenvalue weighted by Crippen LogP contribution is -2.06. The molecule has 152 valence electrons. The third-order valence-electron chi connectivity index (χ3n) is 4.78. The van der Waals surface area contributed by atoms with E-state index in [-0.39, 0.29) is 6.61 Å². The molecule has 0 amide bonds. The molecule has 0 unspecified atom stereocenters. The molecular weight excluding hydrogens is 348 g/mol. The molecule has 3 heteroatoms. The van der Waals surface area contributed by atoms with Gasteiger partial charge in [0.25, 0.3) is 0 Å². The molecule has 2 aromatic rings. The van der Waals surface area contributed by atoms with Gasteiger partial charge < -0.3 is 14.6 Å². The van der Waals surface area contributed by atoms with E-state index in [1.54, 1.807) is 0 Å². The fourth-order valence-electron chi connectivity index (χ4n) is 3.33. The van der Waals surface area contributed by atoms with Crippen molar-refractivity contribution in [2.45, 2.75) is 46.5 Å². The number of hydrogen-bond acceptors (Lipinski definition) is 3. The van der Waals surface area contributed by atoms with Gasteiger partial charge in [-0.1, -0.05) is 56.7 Å². The molecule has 0 bridgehead atoms. The average Bonchev–Trinajstić information content (AvgIpc) is 2.72. The molecule has 0 fully saturated rings. The number of aliphatic hydroxyl groups excluding tert-OH is 1. The molecule has 0 aliphatic heterocycles. The van der Waals surface area contributed by atoms with Crippen LogP contribution in [0.3, 0.4) is 0 Å². The molecule has 0 heterocycles. The molecule has 2 rings (SSSR count). The third kappa shape index (κ3) is 6.50. The lowest BCUT2D eigenvalue weighted by atomic mass is 9.93. The zero-order valence-electron chi connectivity index (χ0n) is 17.5. The highest BCUT2D eigenvalue weighted by Crippen LogP contribution is 2.30. The van der Waals surface area contributed by atoms with Crippen molar-refractivity contribution in [2.75, 3.05) is 26.4 Å². The maximum absolute atomic E-state index is 9.10. The van der Waals surface area contributed by atoms with Crippen LogP contribution in [0.5, 0.6) is 5.75 Å². The topological polar surface area (TPSA) is 38.7 Å². The SMILES string of the molecule is C/C=C/COCCc1cc(-c2ccc(CCC)cc2CC)ccc1OCCO. The van der Waals surface area contributed by atoms with Gasteiger partial charge in [0.15, 0.2) is 0 Å². The zero-order chi connectivity index (χ0) is 20.2. The zero-order valence-corrected chi connectivity index (χ0v) is 17.5. The van der Waals surface area contributed by atoms with Crippen molar-refractivity contribution in [1.82, 2.24) is 0 Å². The van der Waals surface area contributed by atoms with Crippen LogP contribution >= 0.6 is 0 Å². The minimum atomic E-state index is 0.0118. The monoisotopic (exact) mass is 382 g/mol. The van der Waals surface area contributed by atoms with Gasteiger partial charge in [-0.25, -0.2) is 0 Å². The maximum atomic E-state index is 9.10. The van der Waals surface area contributed by atoms with Crippen molar-refractivity contribution in [3.63, 3.8) is 0 Å². The Morgan fingerprint density at radius 3 is 2.54 bits per heavy atom. The summed E-state index contributed by atoms with van der Waals surface area (Å²) in [7, 11) is 0. The normalized spacial score (nSPS) is 11.3. The van der Waals surface area contributed by atoms with Crippen molar-refractivity contribution < 1.29 is 14.6 Å². The van der Waals surface area contributed by atoms with Crippen LogP contribution in [0.4, 0.5) is 0 Å². The second-order valence-corrected chi connectivity index (χ2v) is 6.88. The number of allylic oxidation sites excluding steroid dienone is 1. The van der Waals surface area contributed by atoms with E-state index in [9.17, 15) is 0 Å². The van der Waals surface area contributed by atoms with Crippen molar-refractivity contribution in [2.24, 2.45) is 0 Å². The maximum Gasteiger partial charge on any atom is 0.122 e. The van der Waals surface area contributed by atoms with Crippen LogP contribution in [0.1, 0.15) is 43.9 Å². The minimum absolute atomic E-state index is 0.0118. The van der Waals surface area contributed by atoms with Crippen LogP contribution < -0.4 is 4.74 Å². The van der Waals surface area contributed by atoms with Gasteiger partial charge in [0, 0.05) is 0 Å². The van der Waals surface area contributed by atoms with Crippen LogP contribution in [0, 0.1) is 0 Å². The van der Waals surface area contributed by atoms with Crippen LogP contribution in [0.15, 0.2) is 48.6 Å². The third-order valence-corrected chi connectivity index (χ3v) is 4.78. The van der Waals surface area contributed by atoms with Crippen LogP contribution in [0.25, 0.3) is 11.1 Å². The van der Waals surface area contributed by atoms with E-state index in [1.807, 2.05) is 25.1 Å². The number of benzene rings is 2. The lowest BCUT2D eigenvalue weighted by molar-refractivity contribution is 0.163. The summed E-state index contributed by atoms with van der Waals surface area (Å²) in [4.78, 5) is 0. The van der Waals surface area contributed by atoms with E-state index in [2.05, 4.69) is 44.2 Å². The Bertz CT molecular complexity index is 749. The van der Waals surface area contributed by atoms with Gasteiger partial charge in [0.05, 0.1) is 19.8 Å². The summed E-state index contributed by atoms with van der Waals surface area (Å²) >= 11 is 0. The van der Waals surface area contributed by atoms with Crippen LogP contribution in [-0.4, -0.2) is 31.5 Å². The first kappa shape index (κ1) is 22.2. The summed E-state index contributed by atoms with van der Waals surface area (Å²) in [5.74, 6) is 0.827. The van der Waals surface area contributed by atoms with Crippen molar-refractivity contribution in [3.8, 4) is 16.9 Å². The summed E-state index contributed by atoms with van der Waals surface area (Å²) in [6, 6.07) is 13.2. The first-order valence-electron chi connectivity index (χ1n) is 10.4. The van der Waals surface area contributed by atoms with Crippen LogP contribution in [0.2, 0.25) is 0 Å². The van der Waals surface area contributed by atoms with E-state index in [0.717, 1.165) is 37.0 Å². The Hall–Kier alpha value is -2.10. The van der Waals surface area contributed by atoms with Crippen molar-refractivity contribution >= 4 is 0 Å². The molecule has 0 aliphatic rings. The number of rotatable bonds is 12. The smallest absolute Gasteiger partial charge is 0.122 e. The van der Waals surface area contributed by atoms with Gasteiger partial charge in [0.2, 0.25) is 0 Å². The largest absolute Gasteiger partial charge is 0.491 e. The fourth-order valence-corrected chi connectivity index (χ4v) is 3.33. The second kappa shape index (κ2) is 12.4. The number of hydrogen-bond donors (Lipinski definition) is 1. The van der Waals surface area contributed by atoms with Crippen molar-refractivity contribution in [3.05, 3.63) is 65.2 Å². The molecule has 0 saturated carbocycles. The molecule has 28 heavy (non-hydrogen) atoms. The lowest BCUT2D eigenvalue weighted by Gasteiger charge is -2.15. The van der Waals surface area contributed by atoms with Gasteiger partial charge in [-0.15, -0.1) is 0 Å². The highest BCUT2D eigenvalue weighted by Gasteiger charge is 2.10. The number of aliphatic hydroxyl groups is 1. The Morgan fingerprint density at radius 1 is 0.964 bits per heavy atom. The van der Waals surface area contributed by atoms with Gasteiger partial charge in [0.1, 0.15) is 12.4 Å². The first-order valence-corrected chi connectivity index (χ1v) is 10.4. The molecule has 0 saturated heterocycles. The standard InChI is InChI=1S/C25H34O3/c1-4-7-15-27-16-13-23-19-22(10-12-25(23)28-17-14-26)24-11-9-20(8-5-2)18-21(24)6-3/h4,7,9-12,18-19,26H,5-6,8,13-17H2,1-3H3/b7-4+. The van der Waals surface area contributed by atoms with Crippen LogP contribution in [-0.2, 0) is 24.0 Å². The van der Waals surface area contributed by atoms with E-state index in [0.29, 0.717) is 19.8 Å². The molecule has 2 aromatic carbocycles. The Labute approximate surface area is 170 Å². The van der Waals surface area contributed by atoms with E-state index >= 15 is 0 Å². The molecule has 0 atom stereocenters. The molecule has 3 nitrogen and oxygen atoms in total. The number of ether oxygens (including phenoxy) is 2. The molecular formula is C25H34O3. The quantitative estimate of drug-likeness (QED) is 0.396. The summed E-state index contributed by atoms with van der Waals surface area (Å²) in [5, 5.41) is 9.10. The summed E-state index contributed by atoms with van der Waals surface area (Å²) < 4.78 is 11.4. The highest BCUT2D eigenvalue weighted by molar-refractivity contribution is 5.69. The predicted octanol–water partition coefficient (Wildman–Crippen LogP) is 5.37. The Kier molecular flexibility index (Phi) is 9.81. The van der Waals surface area contributed by atoms with E-state index in [1.165, 1.54) is 22.3 Å². The van der Waals surface area contributed by atoms with Gasteiger partial charge in [-0.3, -0.25) is 0 Å². The van der Waals surface area contributed by atoms with Gasteiger partial charge in [-0.05, 0) is 66.1 Å². The molecule has 0 spiro atoms. The molecule has 1 N–H and O–H groups in total. The minimum Gasteiger partial charge on any atom is -0.491 e. The van der Waals surface area contributed by atoms with E-state index < -0.39 is 0 Å². The Balaban J connectivity index is 2.27. The fraction of sp³-hybridized carbons (Fsp3) is 0.440. The molecule has 0 aromatic heterocycles.